The van der Waals surface area contributed by atoms with E-state index in [2.05, 4.69) is 5.32 Å². The van der Waals surface area contributed by atoms with Crippen LogP contribution < -0.4 is 10.1 Å². The van der Waals surface area contributed by atoms with Crippen molar-refractivity contribution in [2.45, 2.75) is 17.7 Å². The third kappa shape index (κ3) is 3.42. The zero-order valence-electron chi connectivity index (χ0n) is 11.9. The minimum atomic E-state index is -1.12. The molecule has 0 unspecified atom stereocenters. The number of hydrogen-bond acceptors (Lipinski definition) is 4. The minimum absolute atomic E-state index is 0.303. The van der Waals surface area contributed by atoms with Crippen LogP contribution in [-0.4, -0.2) is 29.9 Å². The van der Waals surface area contributed by atoms with Crippen molar-refractivity contribution in [1.29, 1.82) is 0 Å². The Morgan fingerprint density at radius 3 is 2.50 bits per heavy atom. The lowest BCUT2D eigenvalue weighted by Crippen LogP contribution is -2.26. The number of anilines is 1. The Kier molecular flexibility index (Phi) is 4.80. The molecule has 0 spiro atoms. The summed E-state index contributed by atoms with van der Waals surface area (Å²) in [6, 6.07) is 4.77. The molecule has 1 atom stereocenters. The van der Waals surface area contributed by atoms with Crippen molar-refractivity contribution in [1.82, 2.24) is 0 Å². The van der Waals surface area contributed by atoms with Gasteiger partial charge in [-0.3, -0.25) is 9.59 Å². The monoisotopic (exact) mass is 365 g/mol. The molecule has 1 amide bonds. The molecule has 1 saturated carbocycles. The summed E-state index contributed by atoms with van der Waals surface area (Å²) in [5.41, 5.74) is -0.492. The second kappa shape index (κ2) is 6.14. The summed E-state index contributed by atoms with van der Waals surface area (Å²) in [4.78, 5) is 23.6. The Morgan fingerprint density at radius 1 is 1.36 bits per heavy atom. The Balaban J connectivity index is 1.86. The second-order valence-corrected chi connectivity index (χ2v) is 7.08. The fourth-order valence-corrected chi connectivity index (χ4v) is 2.80. The summed E-state index contributed by atoms with van der Waals surface area (Å²) in [5.74, 6) is -0.595. The zero-order chi connectivity index (χ0) is 16.5. The van der Waals surface area contributed by atoms with Gasteiger partial charge in [0.05, 0.1) is 12.1 Å². The van der Waals surface area contributed by atoms with Gasteiger partial charge in [0.2, 0.25) is 0 Å². The number of esters is 1. The van der Waals surface area contributed by atoms with Crippen molar-refractivity contribution in [2.75, 3.05) is 19.0 Å². The van der Waals surface area contributed by atoms with E-state index in [-0.39, 0.29) is 0 Å². The largest absolute Gasteiger partial charge is 0.495 e. The molecule has 22 heavy (non-hydrogen) atoms. The molecule has 1 aromatic rings. The maximum absolute atomic E-state index is 11.8. The third-order valence-corrected chi connectivity index (χ3v) is 4.88. The van der Waals surface area contributed by atoms with Crippen LogP contribution >= 0.6 is 34.8 Å². The molecule has 1 N–H and O–H groups in total. The van der Waals surface area contributed by atoms with E-state index < -0.39 is 28.2 Å². The van der Waals surface area contributed by atoms with Crippen LogP contribution in [0.15, 0.2) is 18.2 Å². The molecule has 120 valence electrons. The van der Waals surface area contributed by atoms with E-state index in [0.29, 0.717) is 22.9 Å². The number of nitrogens with one attached hydrogen (secondary N) is 1. The number of halogens is 3. The van der Waals surface area contributed by atoms with E-state index in [1.165, 1.54) is 13.2 Å². The van der Waals surface area contributed by atoms with Gasteiger partial charge < -0.3 is 14.8 Å². The summed E-state index contributed by atoms with van der Waals surface area (Å²) >= 11 is 17.7. The number of carbonyl (C=O) groups excluding carboxylic acids is 2. The normalized spacial score (nSPS) is 21.9. The number of rotatable bonds is 5. The van der Waals surface area contributed by atoms with Crippen LogP contribution in [0.25, 0.3) is 0 Å². The predicted octanol–water partition coefficient (Wildman–Crippen LogP) is 3.41. The Labute approximate surface area is 142 Å². The van der Waals surface area contributed by atoms with Gasteiger partial charge in [0, 0.05) is 12.1 Å². The number of benzene rings is 1. The molecule has 0 saturated heterocycles. The number of alkyl halides is 2. The van der Waals surface area contributed by atoms with Gasteiger partial charge in [-0.25, -0.2) is 0 Å². The van der Waals surface area contributed by atoms with Gasteiger partial charge in [-0.05, 0) is 25.1 Å². The van der Waals surface area contributed by atoms with Crippen molar-refractivity contribution in [3.8, 4) is 5.75 Å². The highest BCUT2D eigenvalue weighted by atomic mass is 35.5. The molecule has 0 radical (unpaired) electrons. The molecule has 5 nitrogen and oxygen atoms in total. The van der Waals surface area contributed by atoms with Gasteiger partial charge in [0.25, 0.3) is 5.91 Å². The summed E-state index contributed by atoms with van der Waals surface area (Å²) < 4.78 is 8.82. The van der Waals surface area contributed by atoms with Crippen LogP contribution in [0.2, 0.25) is 5.02 Å². The van der Waals surface area contributed by atoms with Crippen LogP contribution in [-0.2, 0) is 14.3 Å². The van der Waals surface area contributed by atoms with Crippen molar-refractivity contribution in [3.05, 3.63) is 23.2 Å². The molecular weight excluding hydrogens is 353 g/mol. The van der Waals surface area contributed by atoms with Gasteiger partial charge in [-0.1, -0.05) is 11.6 Å². The molecule has 8 heteroatoms. The molecule has 1 aliphatic carbocycles. The van der Waals surface area contributed by atoms with Crippen LogP contribution in [0.3, 0.4) is 0 Å². The highest BCUT2D eigenvalue weighted by molar-refractivity contribution is 6.53. The quantitative estimate of drug-likeness (QED) is 0.640. The van der Waals surface area contributed by atoms with Crippen molar-refractivity contribution in [3.63, 3.8) is 0 Å². The highest BCUT2D eigenvalue weighted by Crippen LogP contribution is 2.64. The third-order valence-electron chi connectivity index (χ3n) is 3.48. The fraction of sp³-hybridized carbons (Fsp3) is 0.429. The SMILES string of the molecule is COc1ccc(NC(=O)COC(=O)[C@@]2(C)CC2(Cl)Cl)cc1Cl. The summed E-state index contributed by atoms with van der Waals surface area (Å²) in [6.45, 7) is 1.17. The number of hydrogen-bond donors (Lipinski definition) is 1. The van der Waals surface area contributed by atoms with Gasteiger partial charge in [-0.2, -0.15) is 0 Å². The maximum atomic E-state index is 11.8. The Hall–Kier alpha value is -1.17. The van der Waals surface area contributed by atoms with E-state index in [0.717, 1.165) is 0 Å². The number of amides is 1. The molecule has 0 aromatic heterocycles. The average molecular weight is 367 g/mol. The van der Waals surface area contributed by atoms with Gasteiger partial charge in [0.15, 0.2) is 6.61 Å². The molecule has 0 aliphatic heterocycles. The lowest BCUT2D eigenvalue weighted by Gasteiger charge is -2.12. The van der Waals surface area contributed by atoms with Gasteiger partial charge >= 0.3 is 5.97 Å². The topological polar surface area (TPSA) is 64.6 Å². The summed E-state index contributed by atoms with van der Waals surface area (Å²) in [5, 5.41) is 2.92. The van der Waals surface area contributed by atoms with Gasteiger partial charge in [-0.15, -0.1) is 23.2 Å². The van der Waals surface area contributed by atoms with Crippen molar-refractivity contribution < 1.29 is 19.1 Å². The predicted molar refractivity (Wildman–Crippen MR) is 84.8 cm³/mol. The van der Waals surface area contributed by atoms with Crippen LogP contribution in [0.5, 0.6) is 5.75 Å². The summed E-state index contributed by atoms with van der Waals surface area (Å²) in [6.07, 6.45) is 0.303. The number of carbonyl (C=O) groups is 2. The molecule has 0 heterocycles. The van der Waals surface area contributed by atoms with E-state index in [9.17, 15) is 9.59 Å². The number of ether oxygens (including phenoxy) is 2. The van der Waals surface area contributed by atoms with Crippen molar-refractivity contribution in [2.24, 2.45) is 5.41 Å². The first-order valence-electron chi connectivity index (χ1n) is 6.38. The lowest BCUT2D eigenvalue weighted by molar-refractivity contribution is -0.152. The smallest absolute Gasteiger partial charge is 0.315 e. The standard InChI is InChI=1S/C14H14Cl3NO4/c1-13(7-14(13,16)17)12(20)22-6-11(19)18-8-3-4-10(21-2)9(15)5-8/h3-5H,6-7H2,1-2H3,(H,18,19)/t13-/m1/s1. The van der Waals surface area contributed by atoms with Crippen LogP contribution in [0, 0.1) is 5.41 Å². The zero-order valence-corrected chi connectivity index (χ0v) is 14.2. The first kappa shape index (κ1) is 17.2. The van der Waals surface area contributed by atoms with Gasteiger partial charge in [0.1, 0.15) is 15.5 Å². The molecule has 0 bridgehead atoms. The molecule has 1 aromatic carbocycles. The van der Waals surface area contributed by atoms with E-state index in [1.54, 1.807) is 19.1 Å². The van der Waals surface area contributed by atoms with E-state index in [1.807, 2.05) is 0 Å². The molecule has 1 aliphatic rings. The second-order valence-electron chi connectivity index (χ2n) is 5.19. The van der Waals surface area contributed by atoms with E-state index in [4.69, 9.17) is 44.3 Å². The Bertz CT molecular complexity index is 620. The Morgan fingerprint density at radius 2 is 2.00 bits per heavy atom. The fourth-order valence-electron chi connectivity index (χ4n) is 1.85. The van der Waals surface area contributed by atoms with Crippen molar-refractivity contribution >= 4 is 52.4 Å². The summed E-state index contributed by atoms with van der Waals surface area (Å²) in [7, 11) is 1.49. The first-order chi connectivity index (χ1) is 10.2. The highest BCUT2D eigenvalue weighted by Gasteiger charge is 2.69. The minimum Gasteiger partial charge on any atom is -0.495 e. The van der Waals surface area contributed by atoms with Crippen LogP contribution in [0.4, 0.5) is 5.69 Å². The average Bonchev–Trinajstić information content (AvgIpc) is 2.96. The molecule has 2 rings (SSSR count). The molecule has 1 fully saturated rings. The number of methoxy groups -OCH3 is 1. The first-order valence-corrected chi connectivity index (χ1v) is 7.51. The van der Waals surface area contributed by atoms with E-state index >= 15 is 0 Å². The maximum Gasteiger partial charge on any atom is 0.315 e. The lowest BCUT2D eigenvalue weighted by atomic mass is 10.1. The molecular formula is C14H14Cl3NO4. The van der Waals surface area contributed by atoms with Crippen LogP contribution in [0.1, 0.15) is 13.3 Å².